The Bertz CT molecular complexity index is 1150. The lowest BCUT2D eigenvalue weighted by Gasteiger charge is -2.27. The van der Waals surface area contributed by atoms with Crippen molar-refractivity contribution in [3.8, 4) is 0 Å². The lowest BCUT2D eigenvalue weighted by Crippen LogP contribution is -2.43. The Morgan fingerprint density at radius 2 is 1.72 bits per heavy atom. The molecule has 1 aliphatic rings. The predicted octanol–water partition coefficient (Wildman–Crippen LogP) is 4.77. The van der Waals surface area contributed by atoms with Crippen LogP contribution in [0.5, 0.6) is 0 Å². The van der Waals surface area contributed by atoms with E-state index in [-0.39, 0.29) is 34.9 Å². The summed E-state index contributed by atoms with van der Waals surface area (Å²) in [5, 5.41) is 5.44. The van der Waals surface area contributed by atoms with Gasteiger partial charge in [0, 0.05) is 29.4 Å². The van der Waals surface area contributed by atoms with Crippen LogP contribution < -0.4 is 15.5 Å². The first-order chi connectivity index (χ1) is 16.6. The normalized spacial score (nSPS) is 16.0. The minimum Gasteiger partial charge on any atom is -0.324 e. The van der Waals surface area contributed by atoms with E-state index in [4.69, 9.17) is 0 Å². The molecule has 0 atom stereocenters. The summed E-state index contributed by atoms with van der Waals surface area (Å²) >= 11 is -0.392. The van der Waals surface area contributed by atoms with Crippen molar-refractivity contribution in [1.82, 2.24) is 15.2 Å². The number of pyridine rings is 1. The molecule has 36 heavy (non-hydrogen) atoms. The highest BCUT2D eigenvalue weighted by Crippen LogP contribution is 2.43. The van der Waals surface area contributed by atoms with Gasteiger partial charge in [0.15, 0.2) is 0 Å². The average Bonchev–Trinajstić information content (AvgIpc) is 2.92. The molecule has 12 heteroatoms. The van der Waals surface area contributed by atoms with Gasteiger partial charge >= 0.3 is 11.5 Å². The highest BCUT2D eigenvalue weighted by Gasteiger charge is 2.51. The molecule has 194 valence electrons. The number of nitrogens with one attached hydrogen (secondary N) is 2. The number of amides is 4. The van der Waals surface area contributed by atoms with E-state index in [1.807, 2.05) is 20.8 Å². The molecule has 0 unspecified atom stereocenters. The molecule has 1 fully saturated rings. The number of hydrogen-bond acceptors (Lipinski definition) is 6. The summed E-state index contributed by atoms with van der Waals surface area (Å²) in [6, 6.07) is 6.44. The quantitative estimate of drug-likeness (QED) is 0.401. The lowest BCUT2D eigenvalue weighted by atomic mass is 10.0. The van der Waals surface area contributed by atoms with Crippen molar-refractivity contribution < 1.29 is 27.6 Å². The van der Waals surface area contributed by atoms with Crippen LogP contribution in [0.4, 0.5) is 29.3 Å². The molecule has 4 amide bonds. The van der Waals surface area contributed by atoms with E-state index < -0.39 is 40.7 Å². The monoisotopic (exact) mass is 523 g/mol. The van der Waals surface area contributed by atoms with Crippen molar-refractivity contribution in [3.63, 3.8) is 0 Å². The summed E-state index contributed by atoms with van der Waals surface area (Å²) in [5.74, 6) is -1.10. The minimum atomic E-state index is -4.60. The summed E-state index contributed by atoms with van der Waals surface area (Å²) in [4.78, 5) is 45.1. The standard InChI is InChI=1S/C24H28F3N5O3S/c1-22(2,3)29-13-19(33)30-17-12-16(6-7-18(17)36-24(25,26)27)32-20(34)23(4,5)31(21(32)35)14-15-8-10-28-11-9-15/h6-12,29H,13-14H2,1-5H3,(H,30,33). The van der Waals surface area contributed by atoms with Gasteiger partial charge < -0.3 is 15.5 Å². The molecule has 2 aromatic rings. The third kappa shape index (κ3) is 6.55. The number of thioether (sulfide) groups is 1. The summed E-state index contributed by atoms with van der Waals surface area (Å²) in [5.41, 5.74) is -5.53. The fraction of sp³-hybridized carbons (Fsp3) is 0.417. The van der Waals surface area contributed by atoms with Crippen molar-refractivity contribution in [3.05, 3.63) is 48.3 Å². The van der Waals surface area contributed by atoms with Crippen LogP contribution in [0, 0.1) is 0 Å². The fourth-order valence-electron chi connectivity index (χ4n) is 3.51. The Labute approximate surface area is 211 Å². The van der Waals surface area contributed by atoms with Gasteiger partial charge in [-0.2, -0.15) is 13.2 Å². The van der Waals surface area contributed by atoms with Gasteiger partial charge in [-0.3, -0.25) is 14.6 Å². The van der Waals surface area contributed by atoms with Crippen LogP contribution in [0.3, 0.4) is 0 Å². The number of benzene rings is 1. The van der Waals surface area contributed by atoms with Crippen LogP contribution in [-0.4, -0.2) is 50.9 Å². The molecule has 0 saturated carbocycles. The zero-order chi connectivity index (χ0) is 26.9. The second-order valence-electron chi connectivity index (χ2n) is 9.80. The second-order valence-corrected chi connectivity index (χ2v) is 10.9. The zero-order valence-corrected chi connectivity index (χ0v) is 21.4. The molecular formula is C24H28F3N5O3S. The van der Waals surface area contributed by atoms with Crippen LogP contribution in [-0.2, 0) is 16.1 Å². The van der Waals surface area contributed by atoms with E-state index in [2.05, 4.69) is 15.6 Å². The Balaban J connectivity index is 1.94. The largest absolute Gasteiger partial charge is 0.446 e. The summed E-state index contributed by atoms with van der Waals surface area (Å²) in [7, 11) is 0. The SMILES string of the molecule is CC(C)(C)NCC(=O)Nc1cc(N2C(=O)N(Cc3ccncc3)C(C)(C)C2=O)ccc1SC(F)(F)F. The van der Waals surface area contributed by atoms with Crippen molar-refractivity contribution in [2.45, 2.75) is 62.6 Å². The van der Waals surface area contributed by atoms with E-state index in [1.54, 1.807) is 38.4 Å². The molecule has 8 nitrogen and oxygen atoms in total. The number of imide groups is 1. The Morgan fingerprint density at radius 1 is 1.08 bits per heavy atom. The molecule has 3 rings (SSSR count). The summed E-state index contributed by atoms with van der Waals surface area (Å²) < 4.78 is 39.5. The predicted molar refractivity (Wildman–Crippen MR) is 131 cm³/mol. The van der Waals surface area contributed by atoms with Crippen molar-refractivity contribution >= 4 is 41.0 Å². The fourth-order valence-corrected chi connectivity index (χ4v) is 4.11. The molecule has 1 aromatic heterocycles. The third-order valence-electron chi connectivity index (χ3n) is 5.41. The molecule has 0 bridgehead atoms. The van der Waals surface area contributed by atoms with Crippen molar-refractivity contribution in [2.75, 3.05) is 16.8 Å². The first-order valence-electron chi connectivity index (χ1n) is 11.1. The first-order valence-corrected chi connectivity index (χ1v) is 11.9. The maximum Gasteiger partial charge on any atom is 0.446 e. The van der Waals surface area contributed by atoms with Gasteiger partial charge in [-0.15, -0.1) is 0 Å². The van der Waals surface area contributed by atoms with E-state index in [0.29, 0.717) is 0 Å². The number of nitrogens with zero attached hydrogens (tertiary/aromatic N) is 3. The van der Waals surface area contributed by atoms with Crippen molar-refractivity contribution in [2.24, 2.45) is 0 Å². The molecule has 0 spiro atoms. The number of urea groups is 1. The van der Waals surface area contributed by atoms with Crippen LogP contribution >= 0.6 is 11.8 Å². The Hall–Kier alpha value is -3.12. The number of carbonyl (C=O) groups is 3. The molecule has 0 aliphatic carbocycles. The van der Waals surface area contributed by atoms with Gasteiger partial charge in [-0.1, -0.05) is 0 Å². The van der Waals surface area contributed by atoms with Crippen molar-refractivity contribution in [1.29, 1.82) is 0 Å². The van der Waals surface area contributed by atoms with Gasteiger partial charge in [-0.25, -0.2) is 9.69 Å². The molecule has 2 N–H and O–H groups in total. The Morgan fingerprint density at radius 3 is 2.31 bits per heavy atom. The maximum atomic E-state index is 13.3. The van der Waals surface area contributed by atoms with Crippen LogP contribution in [0.1, 0.15) is 40.2 Å². The highest BCUT2D eigenvalue weighted by molar-refractivity contribution is 8.00. The zero-order valence-electron chi connectivity index (χ0n) is 20.6. The number of aromatic nitrogens is 1. The van der Waals surface area contributed by atoms with Gasteiger partial charge in [0.1, 0.15) is 5.54 Å². The average molecular weight is 524 g/mol. The number of hydrogen-bond donors (Lipinski definition) is 2. The van der Waals surface area contributed by atoms with Gasteiger partial charge in [0.2, 0.25) is 5.91 Å². The van der Waals surface area contributed by atoms with Gasteiger partial charge in [-0.05, 0) is 82.3 Å². The topological polar surface area (TPSA) is 94.6 Å². The number of rotatable bonds is 7. The van der Waals surface area contributed by atoms with Crippen LogP contribution in [0.15, 0.2) is 47.6 Å². The lowest BCUT2D eigenvalue weighted by molar-refractivity contribution is -0.123. The van der Waals surface area contributed by atoms with Gasteiger partial charge in [0.05, 0.1) is 17.9 Å². The van der Waals surface area contributed by atoms with E-state index >= 15 is 0 Å². The summed E-state index contributed by atoms with van der Waals surface area (Å²) in [6.07, 6.45) is 3.14. The highest BCUT2D eigenvalue weighted by atomic mass is 32.2. The number of carbonyl (C=O) groups excluding carboxylic acids is 3. The second kappa shape index (κ2) is 10.1. The molecule has 1 aromatic carbocycles. The minimum absolute atomic E-state index is 0.0564. The molecule has 0 radical (unpaired) electrons. The smallest absolute Gasteiger partial charge is 0.324 e. The maximum absolute atomic E-state index is 13.3. The molecular weight excluding hydrogens is 495 g/mol. The number of halogens is 3. The molecule has 1 aliphatic heterocycles. The Kier molecular flexibility index (Phi) is 7.70. The van der Waals surface area contributed by atoms with Crippen LogP contribution in [0.25, 0.3) is 0 Å². The number of alkyl halides is 3. The number of anilines is 2. The van der Waals surface area contributed by atoms with E-state index in [9.17, 15) is 27.6 Å². The van der Waals surface area contributed by atoms with Crippen LogP contribution in [0.2, 0.25) is 0 Å². The molecule has 2 heterocycles. The van der Waals surface area contributed by atoms with E-state index in [1.165, 1.54) is 17.0 Å². The van der Waals surface area contributed by atoms with Gasteiger partial charge in [0.25, 0.3) is 5.91 Å². The third-order valence-corrected chi connectivity index (χ3v) is 6.22. The van der Waals surface area contributed by atoms with E-state index in [0.717, 1.165) is 16.5 Å². The molecule has 1 saturated heterocycles. The first kappa shape index (κ1) is 27.5. The summed E-state index contributed by atoms with van der Waals surface area (Å²) in [6.45, 7) is 8.73.